The van der Waals surface area contributed by atoms with E-state index >= 15 is 4.39 Å². The van der Waals surface area contributed by atoms with Crippen LogP contribution < -0.4 is 20.7 Å². The van der Waals surface area contributed by atoms with E-state index in [0.29, 0.717) is 10.8 Å². The van der Waals surface area contributed by atoms with E-state index in [9.17, 15) is 9.59 Å². The molecule has 0 aliphatic carbocycles. The highest BCUT2D eigenvalue weighted by molar-refractivity contribution is 6.30. The fraction of sp³-hybridized carbons (Fsp3) is 0.222. The summed E-state index contributed by atoms with van der Waals surface area (Å²) in [6.07, 6.45) is 3.43. The van der Waals surface area contributed by atoms with Crippen LogP contribution in [-0.4, -0.2) is 48.4 Å². The molecule has 37 heavy (non-hydrogen) atoms. The van der Waals surface area contributed by atoms with Crippen LogP contribution in [0.5, 0.6) is 5.75 Å². The summed E-state index contributed by atoms with van der Waals surface area (Å²) in [6, 6.07) is 12.4. The van der Waals surface area contributed by atoms with Crippen LogP contribution in [0.2, 0.25) is 5.02 Å². The average molecular weight is 522 g/mol. The molecule has 0 saturated carbocycles. The monoisotopic (exact) mass is 521 g/mol. The van der Waals surface area contributed by atoms with Crippen molar-refractivity contribution in [3.63, 3.8) is 0 Å². The van der Waals surface area contributed by atoms with Crippen LogP contribution in [0.4, 0.5) is 15.9 Å². The quantitative estimate of drug-likeness (QED) is 0.415. The molecular weight excluding hydrogens is 497 g/mol. The minimum atomic E-state index is -0.673. The number of aromatic nitrogens is 1. The molecule has 0 bridgehead atoms. The predicted octanol–water partition coefficient (Wildman–Crippen LogP) is 4.75. The van der Waals surface area contributed by atoms with E-state index in [1.54, 1.807) is 24.3 Å². The van der Waals surface area contributed by atoms with Crippen LogP contribution in [0.3, 0.4) is 0 Å². The number of likely N-dealkylation sites (tertiary alicyclic amines) is 1. The summed E-state index contributed by atoms with van der Waals surface area (Å²) < 4.78 is 20.4. The number of pyridine rings is 1. The zero-order valence-electron chi connectivity index (χ0n) is 20.1. The third-order valence-corrected chi connectivity index (χ3v) is 6.57. The first-order valence-electron chi connectivity index (χ1n) is 11.9. The molecule has 2 fully saturated rings. The van der Waals surface area contributed by atoms with E-state index in [0.717, 1.165) is 49.4 Å². The summed E-state index contributed by atoms with van der Waals surface area (Å²) in [5, 5.41) is 9.06. The Morgan fingerprint density at radius 1 is 1.05 bits per heavy atom. The van der Waals surface area contributed by atoms with Gasteiger partial charge in [-0.15, -0.1) is 0 Å². The van der Waals surface area contributed by atoms with Gasteiger partial charge in [0.25, 0.3) is 11.8 Å². The third-order valence-electron chi connectivity index (χ3n) is 6.35. The molecule has 3 heterocycles. The molecule has 2 aliphatic rings. The number of methoxy groups -OCH3 is 1. The number of carbonyl (C=O) groups excluding carboxylic acids is 2. The molecule has 3 N–H and O–H groups in total. The topological polar surface area (TPSA) is 95.6 Å². The molecule has 0 atom stereocenters. The second kappa shape index (κ2) is 10.5. The summed E-state index contributed by atoms with van der Waals surface area (Å²) in [7, 11) is 1.47. The standard InChI is InChI=1S/C27H25ClFN5O3/c1-37-18-5-7-22(20(14-18)27(36)33-24-8-4-17(28)15-31-24)32-26(35)19-6-3-16(13-21(19)29)25(23-9-10-30-23)34-11-2-12-34/h3-8,13-15,30H,2,9-12H2,1H3,(H,32,35)(H,31,33,36). The molecule has 1 aromatic heterocycles. The smallest absolute Gasteiger partial charge is 0.259 e. The first-order valence-corrected chi connectivity index (χ1v) is 12.2. The number of halogens is 2. The Bertz CT molecular complexity index is 1380. The third kappa shape index (κ3) is 5.22. The Balaban J connectivity index is 1.38. The number of hydrogen-bond acceptors (Lipinski definition) is 6. The molecular formula is C27H25ClFN5O3. The van der Waals surface area contributed by atoms with Gasteiger partial charge in [0.05, 0.1) is 34.6 Å². The highest BCUT2D eigenvalue weighted by atomic mass is 35.5. The lowest BCUT2D eigenvalue weighted by Gasteiger charge is -2.39. The van der Waals surface area contributed by atoms with Gasteiger partial charge in [0.2, 0.25) is 0 Å². The largest absolute Gasteiger partial charge is 0.497 e. The molecule has 0 radical (unpaired) electrons. The van der Waals surface area contributed by atoms with Crippen molar-refractivity contribution < 1.29 is 18.7 Å². The first-order chi connectivity index (χ1) is 17.9. The number of carbonyl (C=O) groups is 2. The second-order valence-electron chi connectivity index (χ2n) is 8.72. The fourth-order valence-electron chi connectivity index (χ4n) is 4.16. The van der Waals surface area contributed by atoms with Crippen LogP contribution in [0, 0.1) is 5.82 Å². The average Bonchev–Trinajstić information content (AvgIpc) is 2.83. The molecule has 190 valence electrons. The number of nitrogens with one attached hydrogen (secondary N) is 3. The lowest BCUT2D eigenvalue weighted by molar-refractivity contribution is 0.102. The Kier molecular flexibility index (Phi) is 6.96. The van der Waals surface area contributed by atoms with Crippen molar-refractivity contribution in [1.82, 2.24) is 15.2 Å². The maximum absolute atomic E-state index is 15.2. The van der Waals surface area contributed by atoms with Crippen molar-refractivity contribution in [2.24, 2.45) is 0 Å². The SMILES string of the molecule is COc1ccc(NC(=O)c2ccc(C(=C3CCN3)N3CCC3)cc2F)c(C(=O)Nc2ccc(Cl)cn2)c1. The number of anilines is 2. The van der Waals surface area contributed by atoms with Crippen LogP contribution in [-0.2, 0) is 0 Å². The fourth-order valence-corrected chi connectivity index (χ4v) is 4.27. The van der Waals surface area contributed by atoms with Gasteiger partial charge in [-0.05, 0) is 48.9 Å². The van der Waals surface area contributed by atoms with Gasteiger partial charge >= 0.3 is 0 Å². The highest BCUT2D eigenvalue weighted by Crippen LogP contribution is 2.32. The van der Waals surface area contributed by atoms with Gasteiger partial charge < -0.3 is 25.6 Å². The zero-order chi connectivity index (χ0) is 25.9. The normalized spacial score (nSPS) is 15.6. The second-order valence-corrected chi connectivity index (χ2v) is 9.16. The summed E-state index contributed by atoms with van der Waals surface area (Å²) >= 11 is 5.86. The Morgan fingerprint density at radius 2 is 1.84 bits per heavy atom. The highest BCUT2D eigenvalue weighted by Gasteiger charge is 2.26. The number of hydrogen-bond donors (Lipinski definition) is 3. The van der Waals surface area contributed by atoms with Crippen molar-refractivity contribution in [2.75, 3.05) is 37.4 Å². The minimum Gasteiger partial charge on any atom is -0.497 e. The van der Waals surface area contributed by atoms with Gasteiger partial charge in [0.1, 0.15) is 17.4 Å². The van der Waals surface area contributed by atoms with Gasteiger partial charge in [-0.25, -0.2) is 9.37 Å². The summed E-state index contributed by atoms with van der Waals surface area (Å²) in [4.78, 5) is 32.4. The molecule has 2 aliphatic heterocycles. The molecule has 2 saturated heterocycles. The molecule has 0 spiro atoms. The number of amides is 2. The Labute approximate surface area is 218 Å². The summed E-state index contributed by atoms with van der Waals surface area (Å²) in [5.41, 5.74) is 3.02. The number of nitrogens with zero attached hydrogens (tertiary/aromatic N) is 2. The molecule has 3 aromatic rings. The predicted molar refractivity (Wildman–Crippen MR) is 140 cm³/mol. The molecule has 2 aromatic carbocycles. The Morgan fingerprint density at radius 3 is 2.43 bits per heavy atom. The van der Waals surface area contributed by atoms with Crippen LogP contribution >= 0.6 is 11.6 Å². The van der Waals surface area contributed by atoms with E-state index in [1.165, 1.54) is 37.6 Å². The lowest BCUT2D eigenvalue weighted by atomic mass is 9.99. The van der Waals surface area contributed by atoms with E-state index in [2.05, 4.69) is 25.8 Å². The lowest BCUT2D eigenvalue weighted by Crippen LogP contribution is -2.40. The number of rotatable bonds is 7. The maximum atomic E-state index is 15.2. The molecule has 0 unspecified atom stereocenters. The first kappa shape index (κ1) is 24.6. The van der Waals surface area contributed by atoms with Crippen molar-refractivity contribution in [3.05, 3.63) is 88.0 Å². The number of ether oxygens (including phenoxy) is 1. The van der Waals surface area contributed by atoms with Crippen molar-refractivity contribution in [2.45, 2.75) is 12.8 Å². The van der Waals surface area contributed by atoms with Gasteiger partial charge in [0, 0.05) is 43.5 Å². The van der Waals surface area contributed by atoms with E-state index < -0.39 is 17.6 Å². The Hall–Kier alpha value is -4.11. The van der Waals surface area contributed by atoms with Gasteiger partial charge in [-0.3, -0.25) is 9.59 Å². The molecule has 5 rings (SSSR count). The summed E-state index contributed by atoms with van der Waals surface area (Å²) in [6.45, 7) is 2.76. The van der Waals surface area contributed by atoms with Crippen molar-refractivity contribution in [3.8, 4) is 5.75 Å². The van der Waals surface area contributed by atoms with Gasteiger partial charge in [-0.1, -0.05) is 17.7 Å². The number of benzene rings is 2. The zero-order valence-corrected chi connectivity index (χ0v) is 20.9. The van der Waals surface area contributed by atoms with E-state index in [1.807, 2.05) is 0 Å². The van der Waals surface area contributed by atoms with Gasteiger partial charge in [0.15, 0.2) is 0 Å². The molecule has 10 heteroatoms. The van der Waals surface area contributed by atoms with Crippen LogP contribution in [0.25, 0.3) is 5.70 Å². The maximum Gasteiger partial charge on any atom is 0.259 e. The molecule has 8 nitrogen and oxygen atoms in total. The van der Waals surface area contributed by atoms with Crippen LogP contribution in [0.1, 0.15) is 39.1 Å². The van der Waals surface area contributed by atoms with Crippen LogP contribution in [0.15, 0.2) is 60.4 Å². The summed E-state index contributed by atoms with van der Waals surface area (Å²) in [5.74, 6) is -1.15. The molecule has 2 amide bonds. The van der Waals surface area contributed by atoms with E-state index in [4.69, 9.17) is 16.3 Å². The van der Waals surface area contributed by atoms with Crippen molar-refractivity contribution in [1.29, 1.82) is 0 Å². The van der Waals surface area contributed by atoms with Gasteiger partial charge in [-0.2, -0.15) is 0 Å². The minimum absolute atomic E-state index is 0.125. The van der Waals surface area contributed by atoms with E-state index in [-0.39, 0.29) is 22.6 Å². The van der Waals surface area contributed by atoms with Crippen molar-refractivity contribution >= 4 is 40.6 Å².